The van der Waals surface area contributed by atoms with Crippen LogP contribution in [0.1, 0.15) is 30.3 Å². The Hall–Kier alpha value is -2.31. The van der Waals surface area contributed by atoms with E-state index in [0.29, 0.717) is 12.6 Å². The molecule has 0 atom stereocenters. The first kappa shape index (κ1) is 17.1. The lowest BCUT2D eigenvalue weighted by Crippen LogP contribution is -2.34. The SMILES string of the molecule is COCc1nc2cccnc2n1C1CCN(Cc2ccc(F)cc2)CC1. The summed E-state index contributed by atoms with van der Waals surface area (Å²) in [5.74, 6) is 0.760. The summed E-state index contributed by atoms with van der Waals surface area (Å²) >= 11 is 0. The molecular weight excluding hydrogens is 331 g/mol. The molecule has 6 heteroatoms. The Morgan fingerprint density at radius 1 is 1.15 bits per heavy atom. The maximum absolute atomic E-state index is 13.1. The summed E-state index contributed by atoms with van der Waals surface area (Å²) in [4.78, 5) is 11.7. The number of halogens is 1. The average Bonchev–Trinajstić information content (AvgIpc) is 3.03. The van der Waals surface area contributed by atoms with Gasteiger partial charge in [-0.3, -0.25) is 4.90 Å². The summed E-state index contributed by atoms with van der Waals surface area (Å²) in [6.45, 7) is 3.36. The number of benzene rings is 1. The quantitative estimate of drug-likeness (QED) is 0.703. The van der Waals surface area contributed by atoms with Gasteiger partial charge in [-0.1, -0.05) is 12.1 Å². The number of pyridine rings is 1. The van der Waals surface area contributed by atoms with Crippen molar-refractivity contribution in [2.75, 3.05) is 20.2 Å². The molecule has 2 aromatic heterocycles. The molecule has 26 heavy (non-hydrogen) atoms. The van der Waals surface area contributed by atoms with Crippen LogP contribution in [-0.4, -0.2) is 39.6 Å². The normalized spacial score (nSPS) is 16.4. The molecule has 0 amide bonds. The van der Waals surface area contributed by atoms with Crippen LogP contribution in [0.2, 0.25) is 0 Å². The molecule has 1 aromatic carbocycles. The monoisotopic (exact) mass is 354 g/mol. The first-order chi connectivity index (χ1) is 12.7. The molecule has 136 valence electrons. The molecule has 1 aliphatic heterocycles. The molecule has 1 fully saturated rings. The molecule has 0 spiro atoms. The third-order valence-corrected chi connectivity index (χ3v) is 5.04. The zero-order chi connectivity index (χ0) is 17.9. The zero-order valence-electron chi connectivity index (χ0n) is 14.9. The maximum Gasteiger partial charge on any atom is 0.160 e. The van der Waals surface area contributed by atoms with E-state index in [4.69, 9.17) is 9.72 Å². The maximum atomic E-state index is 13.1. The lowest BCUT2D eigenvalue weighted by molar-refractivity contribution is 0.156. The van der Waals surface area contributed by atoms with E-state index < -0.39 is 0 Å². The number of rotatable bonds is 5. The van der Waals surface area contributed by atoms with Crippen LogP contribution >= 0.6 is 0 Å². The number of likely N-dealkylation sites (tertiary alicyclic amines) is 1. The van der Waals surface area contributed by atoms with Gasteiger partial charge in [0, 0.05) is 39.0 Å². The highest BCUT2D eigenvalue weighted by Gasteiger charge is 2.25. The van der Waals surface area contributed by atoms with Crippen molar-refractivity contribution in [2.24, 2.45) is 0 Å². The number of fused-ring (bicyclic) bond motifs is 1. The third-order valence-electron chi connectivity index (χ3n) is 5.04. The van der Waals surface area contributed by atoms with Gasteiger partial charge in [-0.15, -0.1) is 0 Å². The first-order valence-corrected chi connectivity index (χ1v) is 9.02. The Morgan fingerprint density at radius 3 is 2.65 bits per heavy atom. The van der Waals surface area contributed by atoms with Crippen molar-refractivity contribution in [3.05, 3.63) is 59.8 Å². The molecule has 1 saturated heterocycles. The fourth-order valence-corrected chi connectivity index (χ4v) is 3.77. The molecule has 5 nitrogen and oxygen atoms in total. The highest BCUT2D eigenvalue weighted by molar-refractivity contribution is 5.71. The van der Waals surface area contributed by atoms with E-state index in [2.05, 4.69) is 14.5 Å². The number of methoxy groups -OCH3 is 1. The first-order valence-electron chi connectivity index (χ1n) is 9.02. The number of nitrogens with zero attached hydrogens (tertiary/aromatic N) is 4. The summed E-state index contributed by atoms with van der Waals surface area (Å²) < 4.78 is 20.7. The average molecular weight is 354 g/mol. The van der Waals surface area contributed by atoms with Gasteiger partial charge in [0.25, 0.3) is 0 Å². The van der Waals surface area contributed by atoms with Gasteiger partial charge < -0.3 is 9.30 Å². The van der Waals surface area contributed by atoms with Crippen LogP contribution < -0.4 is 0 Å². The van der Waals surface area contributed by atoms with Crippen molar-refractivity contribution in [1.82, 2.24) is 19.4 Å². The van der Waals surface area contributed by atoms with E-state index in [0.717, 1.165) is 55.0 Å². The van der Waals surface area contributed by atoms with Crippen LogP contribution in [0.5, 0.6) is 0 Å². The molecule has 0 bridgehead atoms. The van der Waals surface area contributed by atoms with Gasteiger partial charge in [0.2, 0.25) is 0 Å². The van der Waals surface area contributed by atoms with E-state index in [1.54, 1.807) is 7.11 Å². The van der Waals surface area contributed by atoms with Gasteiger partial charge in [0.1, 0.15) is 23.8 Å². The minimum absolute atomic E-state index is 0.183. The summed E-state index contributed by atoms with van der Waals surface area (Å²) in [5.41, 5.74) is 3.02. The topological polar surface area (TPSA) is 43.2 Å². The van der Waals surface area contributed by atoms with Crippen LogP contribution in [0.4, 0.5) is 4.39 Å². The molecule has 0 radical (unpaired) electrons. The number of ether oxygens (including phenoxy) is 1. The van der Waals surface area contributed by atoms with Gasteiger partial charge in [0.15, 0.2) is 5.65 Å². The minimum Gasteiger partial charge on any atom is -0.377 e. The van der Waals surface area contributed by atoms with E-state index in [1.807, 2.05) is 30.5 Å². The van der Waals surface area contributed by atoms with E-state index >= 15 is 0 Å². The molecule has 0 saturated carbocycles. The Morgan fingerprint density at radius 2 is 1.92 bits per heavy atom. The molecule has 0 N–H and O–H groups in total. The van der Waals surface area contributed by atoms with Crippen LogP contribution in [0.15, 0.2) is 42.6 Å². The Labute approximate surface area is 152 Å². The molecule has 3 aromatic rings. The Bertz CT molecular complexity index is 869. The number of piperidine rings is 1. The van der Waals surface area contributed by atoms with Crippen LogP contribution in [0.25, 0.3) is 11.2 Å². The summed E-state index contributed by atoms with van der Waals surface area (Å²) in [7, 11) is 1.70. The second kappa shape index (κ2) is 7.51. The molecule has 4 rings (SSSR count). The fourth-order valence-electron chi connectivity index (χ4n) is 3.77. The standard InChI is InChI=1S/C20H23FN4O/c1-26-14-19-23-18-3-2-10-22-20(18)25(19)17-8-11-24(12-9-17)13-15-4-6-16(21)7-5-15/h2-7,10,17H,8-9,11-14H2,1H3. The van der Waals surface area contributed by atoms with Crippen molar-refractivity contribution in [3.63, 3.8) is 0 Å². The van der Waals surface area contributed by atoms with Gasteiger partial charge in [-0.25, -0.2) is 14.4 Å². The van der Waals surface area contributed by atoms with E-state index in [-0.39, 0.29) is 5.82 Å². The third kappa shape index (κ3) is 3.48. The van der Waals surface area contributed by atoms with Crippen LogP contribution in [-0.2, 0) is 17.9 Å². The lowest BCUT2D eigenvalue weighted by Gasteiger charge is -2.33. The van der Waals surface area contributed by atoms with Crippen LogP contribution in [0.3, 0.4) is 0 Å². The minimum atomic E-state index is -0.183. The molecule has 0 unspecified atom stereocenters. The van der Waals surface area contributed by atoms with Gasteiger partial charge in [0.05, 0.1) is 0 Å². The Kier molecular flexibility index (Phi) is 4.95. The van der Waals surface area contributed by atoms with Crippen molar-refractivity contribution in [3.8, 4) is 0 Å². The van der Waals surface area contributed by atoms with Crippen molar-refractivity contribution in [2.45, 2.75) is 32.0 Å². The molecule has 3 heterocycles. The smallest absolute Gasteiger partial charge is 0.160 e. The van der Waals surface area contributed by atoms with Crippen LogP contribution in [0, 0.1) is 5.82 Å². The van der Waals surface area contributed by atoms with E-state index in [1.165, 1.54) is 12.1 Å². The summed E-state index contributed by atoms with van der Waals surface area (Å²) in [6.07, 6.45) is 3.90. The van der Waals surface area contributed by atoms with E-state index in [9.17, 15) is 4.39 Å². The zero-order valence-corrected chi connectivity index (χ0v) is 14.9. The molecule has 1 aliphatic rings. The second-order valence-electron chi connectivity index (χ2n) is 6.81. The predicted molar refractivity (Wildman–Crippen MR) is 98.2 cm³/mol. The predicted octanol–water partition coefficient (Wildman–Crippen LogP) is 3.55. The molecular formula is C20H23FN4O. The summed E-state index contributed by atoms with van der Waals surface area (Å²) in [5, 5.41) is 0. The number of hydrogen-bond acceptors (Lipinski definition) is 4. The molecule has 0 aliphatic carbocycles. The van der Waals surface area contributed by atoms with Gasteiger partial charge in [-0.05, 0) is 42.7 Å². The van der Waals surface area contributed by atoms with Gasteiger partial charge in [-0.2, -0.15) is 0 Å². The number of hydrogen-bond donors (Lipinski definition) is 0. The van der Waals surface area contributed by atoms with Crippen molar-refractivity contribution in [1.29, 1.82) is 0 Å². The fraction of sp³-hybridized carbons (Fsp3) is 0.400. The largest absolute Gasteiger partial charge is 0.377 e. The lowest BCUT2D eigenvalue weighted by atomic mass is 10.0. The highest BCUT2D eigenvalue weighted by atomic mass is 19.1. The Balaban J connectivity index is 1.48. The number of imidazole rings is 1. The van der Waals surface area contributed by atoms with Gasteiger partial charge >= 0.3 is 0 Å². The second-order valence-corrected chi connectivity index (χ2v) is 6.81. The summed E-state index contributed by atoms with van der Waals surface area (Å²) in [6, 6.07) is 11.1. The van der Waals surface area contributed by atoms with Crippen molar-refractivity contribution < 1.29 is 9.13 Å². The highest BCUT2D eigenvalue weighted by Crippen LogP contribution is 2.28. The number of aromatic nitrogens is 3. The van der Waals surface area contributed by atoms with Crippen molar-refractivity contribution >= 4 is 11.2 Å².